The molecule has 0 N–H and O–H groups in total. The number of anilines is 1. The monoisotopic (exact) mass is 368 g/mol. The van der Waals surface area contributed by atoms with E-state index in [1.807, 2.05) is 12.1 Å². The summed E-state index contributed by atoms with van der Waals surface area (Å²) in [5, 5.41) is 10.3. The van der Waals surface area contributed by atoms with Gasteiger partial charge in [-0.25, -0.2) is 4.90 Å². The van der Waals surface area contributed by atoms with Crippen molar-refractivity contribution in [3.63, 3.8) is 0 Å². The maximum Gasteiger partial charge on any atom is 0.263 e. The lowest BCUT2D eigenvalue weighted by Gasteiger charge is -2.20. The third-order valence-corrected chi connectivity index (χ3v) is 4.97. The van der Waals surface area contributed by atoms with Crippen LogP contribution in [0.2, 0.25) is 5.02 Å². The largest absolute Gasteiger partial charge is 0.271 e. The minimum absolute atomic E-state index is 0.308. The van der Waals surface area contributed by atoms with Crippen molar-refractivity contribution in [2.45, 2.75) is 32.0 Å². The van der Waals surface area contributed by atoms with Crippen molar-refractivity contribution in [3.8, 4) is 0 Å². The van der Waals surface area contributed by atoms with Crippen LogP contribution < -0.4 is 4.90 Å². The average Bonchev–Trinajstić information content (AvgIpc) is 3.17. The van der Waals surface area contributed by atoms with Crippen molar-refractivity contribution in [1.82, 2.24) is 5.01 Å². The molecule has 4 rings (SSSR count). The fourth-order valence-corrected chi connectivity index (χ4v) is 3.39. The number of halogens is 1. The second-order valence-corrected chi connectivity index (χ2v) is 6.79. The predicted octanol–water partition coefficient (Wildman–Crippen LogP) is 3.40. The second-order valence-electron chi connectivity index (χ2n) is 6.35. The van der Waals surface area contributed by atoms with Gasteiger partial charge in [0.05, 0.1) is 12.2 Å². The molecule has 2 atom stereocenters. The number of rotatable bonds is 4. The lowest BCUT2D eigenvalue weighted by Crippen LogP contribution is -2.39. The van der Waals surface area contributed by atoms with Gasteiger partial charge in [-0.05, 0) is 41.8 Å². The quantitative estimate of drug-likeness (QED) is 0.777. The minimum Gasteiger partial charge on any atom is -0.271 e. The molecule has 0 aromatic heterocycles. The van der Waals surface area contributed by atoms with Crippen LogP contribution in [0.5, 0.6) is 0 Å². The summed E-state index contributed by atoms with van der Waals surface area (Å²) < 4.78 is 0. The van der Waals surface area contributed by atoms with Crippen molar-refractivity contribution < 1.29 is 9.59 Å². The second kappa shape index (κ2) is 6.53. The number of benzene rings is 2. The molecule has 2 aromatic rings. The van der Waals surface area contributed by atoms with Gasteiger partial charge in [-0.3, -0.25) is 14.6 Å². The molecule has 2 aliphatic heterocycles. The minimum atomic E-state index is -0.784. The molecule has 7 heteroatoms. The molecule has 1 fully saturated rings. The summed E-state index contributed by atoms with van der Waals surface area (Å²) in [6.45, 7) is 2.53. The van der Waals surface area contributed by atoms with Crippen LogP contribution in [0.1, 0.15) is 18.1 Å². The molecule has 6 nitrogen and oxygen atoms in total. The Balaban J connectivity index is 1.56. The van der Waals surface area contributed by atoms with Crippen molar-refractivity contribution in [2.24, 2.45) is 10.3 Å². The normalized spacial score (nSPS) is 21.6. The zero-order valence-corrected chi connectivity index (χ0v) is 14.9. The molecule has 0 aliphatic carbocycles. The van der Waals surface area contributed by atoms with E-state index in [-0.39, 0.29) is 11.8 Å². The highest BCUT2D eigenvalue weighted by molar-refractivity contribution is 6.31. The first kappa shape index (κ1) is 16.7. The topological polar surface area (TPSA) is 65.3 Å². The van der Waals surface area contributed by atoms with Gasteiger partial charge in [0.15, 0.2) is 12.1 Å². The van der Waals surface area contributed by atoms with E-state index in [0.29, 0.717) is 17.3 Å². The van der Waals surface area contributed by atoms with Crippen LogP contribution in [0, 0.1) is 0 Å². The molecule has 2 heterocycles. The molecule has 0 saturated carbocycles. The zero-order chi connectivity index (χ0) is 18.3. The number of nitrogens with zero attached hydrogens (tertiary/aromatic N) is 4. The summed E-state index contributed by atoms with van der Waals surface area (Å²) in [7, 11) is 0. The molecule has 26 heavy (non-hydrogen) atoms. The van der Waals surface area contributed by atoms with E-state index in [9.17, 15) is 9.59 Å². The summed E-state index contributed by atoms with van der Waals surface area (Å²) in [6.07, 6.45) is 0.970. The Labute approximate surface area is 156 Å². The van der Waals surface area contributed by atoms with E-state index in [2.05, 4.69) is 29.4 Å². The lowest BCUT2D eigenvalue weighted by atomic mass is 10.1. The van der Waals surface area contributed by atoms with Crippen LogP contribution in [0.3, 0.4) is 0 Å². The third-order valence-electron chi connectivity index (χ3n) is 4.72. The van der Waals surface area contributed by atoms with Crippen molar-refractivity contribution in [3.05, 3.63) is 64.7 Å². The first-order valence-electron chi connectivity index (χ1n) is 8.47. The van der Waals surface area contributed by atoms with Gasteiger partial charge >= 0.3 is 0 Å². The van der Waals surface area contributed by atoms with Gasteiger partial charge in [-0.2, -0.15) is 5.11 Å². The van der Waals surface area contributed by atoms with Gasteiger partial charge < -0.3 is 0 Å². The van der Waals surface area contributed by atoms with Crippen LogP contribution in [0.15, 0.2) is 58.9 Å². The molecule has 1 saturated heterocycles. The van der Waals surface area contributed by atoms with E-state index >= 15 is 0 Å². The van der Waals surface area contributed by atoms with E-state index in [4.69, 9.17) is 11.6 Å². The summed E-state index contributed by atoms with van der Waals surface area (Å²) in [5.74, 6) is -0.660. The highest BCUT2D eigenvalue weighted by atomic mass is 35.5. The van der Waals surface area contributed by atoms with Gasteiger partial charge in [0.25, 0.3) is 11.8 Å². The Hall–Kier alpha value is -2.73. The highest BCUT2D eigenvalue weighted by Crippen LogP contribution is 2.33. The highest BCUT2D eigenvalue weighted by Gasteiger charge is 2.54. The Morgan fingerprint density at radius 3 is 2.27 bits per heavy atom. The van der Waals surface area contributed by atoms with Crippen molar-refractivity contribution >= 4 is 29.1 Å². The van der Waals surface area contributed by atoms with Gasteiger partial charge in [0.2, 0.25) is 0 Å². The van der Waals surface area contributed by atoms with E-state index < -0.39 is 12.1 Å². The maximum atomic E-state index is 12.9. The molecule has 2 aromatic carbocycles. The van der Waals surface area contributed by atoms with Gasteiger partial charge in [-0.1, -0.05) is 48.0 Å². The maximum absolute atomic E-state index is 12.9. The number of imide groups is 1. The number of amides is 2. The summed E-state index contributed by atoms with van der Waals surface area (Å²) >= 11 is 5.89. The lowest BCUT2D eigenvalue weighted by molar-refractivity contribution is -0.123. The number of hydrogen-bond donors (Lipinski definition) is 0. The number of carbonyl (C=O) groups excluding carboxylic acids is 2. The van der Waals surface area contributed by atoms with E-state index in [1.165, 1.54) is 10.5 Å². The van der Waals surface area contributed by atoms with Gasteiger partial charge in [-0.15, -0.1) is 0 Å². The fraction of sp³-hybridized carbons (Fsp3) is 0.263. The standard InChI is InChI=1S/C19H17ClN4O2/c1-2-12-3-5-13(6-4-12)11-23-17-16(21-22-23)18(25)24(19(17)26)15-9-7-14(20)8-10-15/h3-10,16-17H,2,11H2,1H3/t16-,17+/m0/s1. The number of aryl methyl sites for hydroxylation is 1. The summed E-state index contributed by atoms with van der Waals surface area (Å²) in [6, 6.07) is 13.3. The molecule has 0 unspecified atom stereocenters. The Morgan fingerprint density at radius 1 is 0.962 bits per heavy atom. The molecular weight excluding hydrogens is 352 g/mol. The van der Waals surface area contributed by atoms with Crippen molar-refractivity contribution in [2.75, 3.05) is 4.90 Å². The van der Waals surface area contributed by atoms with Crippen LogP contribution in [0.4, 0.5) is 5.69 Å². The Morgan fingerprint density at radius 2 is 1.62 bits per heavy atom. The SMILES string of the molecule is CCc1ccc(CN2N=N[C@@H]3C(=O)N(c4ccc(Cl)cc4)C(=O)[C@@H]32)cc1. The Kier molecular flexibility index (Phi) is 4.20. The van der Waals surface area contributed by atoms with Crippen LogP contribution in [0.25, 0.3) is 0 Å². The molecule has 2 amide bonds. The molecule has 132 valence electrons. The van der Waals surface area contributed by atoms with Gasteiger partial charge in [0.1, 0.15) is 0 Å². The number of carbonyl (C=O) groups is 2. The summed E-state index contributed by atoms with van der Waals surface area (Å²) in [4.78, 5) is 26.7. The molecule has 0 radical (unpaired) electrons. The zero-order valence-electron chi connectivity index (χ0n) is 14.2. The van der Waals surface area contributed by atoms with E-state index in [0.717, 1.165) is 12.0 Å². The first-order valence-corrected chi connectivity index (χ1v) is 8.85. The number of fused-ring (bicyclic) bond motifs is 1. The summed E-state index contributed by atoms with van der Waals surface area (Å²) in [5.41, 5.74) is 2.77. The number of hydrogen-bond acceptors (Lipinski definition) is 5. The molecular formula is C19H17ClN4O2. The predicted molar refractivity (Wildman–Crippen MR) is 97.7 cm³/mol. The first-order chi connectivity index (χ1) is 12.6. The van der Waals surface area contributed by atoms with Crippen LogP contribution in [-0.2, 0) is 22.6 Å². The molecule has 2 aliphatic rings. The molecule has 0 bridgehead atoms. The fourth-order valence-electron chi connectivity index (χ4n) is 3.27. The molecule has 0 spiro atoms. The van der Waals surface area contributed by atoms with Crippen LogP contribution >= 0.6 is 11.6 Å². The smallest absolute Gasteiger partial charge is 0.263 e. The third kappa shape index (κ3) is 2.76. The Bertz CT molecular complexity index is 879. The van der Waals surface area contributed by atoms with Gasteiger partial charge in [0, 0.05) is 5.02 Å². The van der Waals surface area contributed by atoms with Crippen molar-refractivity contribution in [1.29, 1.82) is 0 Å². The van der Waals surface area contributed by atoms with Crippen LogP contribution in [-0.4, -0.2) is 28.9 Å². The average molecular weight is 369 g/mol. The van der Waals surface area contributed by atoms with E-state index in [1.54, 1.807) is 29.3 Å².